The monoisotopic (exact) mass is 443 g/mol. The van der Waals surface area contributed by atoms with Gasteiger partial charge in [-0.2, -0.15) is 10.1 Å². The third-order valence-corrected chi connectivity index (χ3v) is 4.83. The van der Waals surface area contributed by atoms with E-state index in [0.29, 0.717) is 31.2 Å². The molecule has 1 amide bonds. The van der Waals surface area contributed by atoms with Crippen LogP contribution in [-0.4, -0.2) is 30.6 Å². The van der Waals surface area contributed by atoms with E-state index >= 15 is 0 Å². The van der Waals surface area contributed by atoms with Crippen LogP contribution in [0.5, 0.6) is 0 Å². The minimum absolute atomic E-state index is 0.283. The SMILES string of the molecule is COC1N/C(=C\c2ccc(Cl)cc2Cl)C(=O)N1/N=C/c1ccc(Cl)cc1Cl. The standard InChI is InChI=1S/C18H13Cl4N3O2/c1-27-18-24-16(6-10-2-4-12(19)7-14(10)21)17(26)25(18)23-9-11-3-5-13(20)8-15(11)22/h2-9,18,24H,1H3/b16-6-,23-9+. The third kappa shape index (κ3) is 4.57. The number of hydrogen-bond acceptors (Lipinski definition) is 4. The Hall–Kier alpha value is -1.76. The zero-order valence-electron chi connectivity index (χ0n) is 13.9. The fraction of sp³-hybridized carbons (Fsp3) is 0.111. The Bertz CT molecular complexity index is 946. The van der Waals surface area contributed by atoms with E-state index in [1.807, 2.05) is 0 Å². The topological polar surface area (TPSA) is 53.9 Å². The Kier molecular flexibility index (Phi) is 6.29. The van der Waals surface area contributed by atoms with Gasteiger partial charge in [0, 0.05) is 27.7 Å². The summed E-state index contributed by atoms with van der Waals surface area (Å²) in [6, 6.07) is 9.98. The van der Waals surface area contributed by atoms with Crippen molar-refractivity contribution < 1.29 is 9.53 Å². The number of hydrazone groups is 1. The Morgan fingerprint density at radius 1 is 1.04 bits per heavy atom. The predicted molar refractivity (Wildman–Crippen MR) is 109 cm³/mol. The fourth-order valence-electron chi connectivity index (χ4n) is 2.37. The summed E-state index contributed by atoms with van der Waals surface area (Å²) in [5.41, 5.74) is 1.53. The summed E-state index contributed by atoms with van der Waals surface area (Å²) in [6.07, 6.45) is 2.30. The molecule has 1 fully saturated rings. The van der Waals surface area contributed by atoms with Crippen molar-refractivity contribution in [2.24, 2.45) is 5.10 Å². The lowest BCUT2D eigenvalue weighted by Gasteiger charge is -2.16. The number of rotatable bonds is 4. The Morgan fingerprint density at radius 2 is 1.63 bits per heavy atom. The molecule has 0 radical (unpaired) electrons. The van der Waals surface area contributed by atoms with Crippen LogP contribution < -0.4 is 5.32 Å². The molecule has 1 saturated heterocycles. The van der Waals surface area contributed by atoms with E-state index in [9.17, 15) is 4.79 Å². The van der Waals surface area contributed by atoms with Crippen molar-refractivity contribution in [3.8, 4) is 0 Å². The molecule has 3 rings (SSSR count). The number of hydrogen-bond donors (Lipinski definition) is 1. The number of benzene rings is 2. The number of methoxy groups -OCH3 is 1. The zero-order valence-corrected chi connectivity index (χ0v) is 16.9. The normalized spacial score (nSPS) is 18.6. The van der Waals surface area contributed by atoms with Gasteiger partial charge in [-0.05, 0) is 35.9 Å². The van der Waals surface area contributed by atoms with Gasteiger partial charge in [0.05, 0.1) is 11.2 Å². The molecule has 0 saturated carbocycles. The fourth-order valence-corrected chi connectivity index (χ4v) is 3.29. The van der Waals surface area contributed by atoms with E-state index in [0.717, 1.165) is 0 Å². The van der Waals surface area contributed by atoms with Crippen LogP contribution in [0.25, 0.3) is 6.08 Å². The molecule has 27 heavy (non-hydrogen) atoms. The number of amides is 1. The summed E-state index contributed by atoms with van der Waals surface area (Å²) in [5.74, 6) is -0.380. The Balaban J connectivity index is 1.87. The van der Waals surface area contributed by atoms with E-state index in [2.05, 4.69) is 10.4 Å². The van der Waals surface area contributed by atoms with Crippen LogP contribution in [0.15, 0.2) is 47.2 Å². The lowest BCUT2D eigenvalue weighted by atomic mass is 10.2. The highest BCUT2D eigenvalue weighted by atomic mass is 35.5. The summed E-state index contributed by atoms with van der Waals surface area (Å²) < 4.78 is 5.28. The molecule has 2 aromatic carbocycles. The number of ether oxygens (including phenoxy) is 1. The van der Waals surface area contributed by atoms with Crippen LogP contribution in [0, 0.1) is 0 Å². The van der Waals surface area contributed by atoms with E-state index in [1.54, 1.807) is 42.5 Å². The van der Waals surface area contributed by atoms with Gasteiger partial charge in [-0.15, -0.1) is 0 Å². The first-order valence-electron chi connectivity index (χ1n) is 7.67. The second kappa shape index (κ2) is 8.50. The number of nitrogens with zero attached hydrogens (tertiary/aromatic N) is 2. The summed E-state index contributed by atoms with van der Waals surface area (Å²) >= 11 is 24.1. The predicted octanol–water partition coefficient (Wildman–Crippen LogP) is 5.04. The van der Waals surface area contributed by atoms with E-state index in [4.69, 9.17) is 51.1 Å². The highest BCUT2D eigenvalue weighted by Crippen LogP contribution is 2.25. The second-order valence-electron chi connectivity index (χ2n) is 5.52. The lowest BCUT2D eigenvalue weighted by molar-refractivity contribution is -0.133. The van der Waals surface area contributed by atoms with E-state index in [1.165, 1.54) is 18.3 Å². The molecule has 9 heteroatoms. The Morgan fingerprint density at radius 3 is 2.19 bits per heavy atom. The maximum absolute atomic E-state index is 12.7. The Labute approximate surface area is 176 Å². The summed E-state index contributed by atoms with van der Waals surface area (Å²) in [5, 5.41) is 10.2. The largest absolute Gasteiger partial charge is 0.342 e. The van der Waals surface area contributed by atoms with E-state index < -0.39 is 6.35 Å². The second-order valence-corrected chi connectivity index (χ2v) is 7.20. The van der Waals surface area contributed by atoms with Gasteiger partial charge in [-0.25, -0.2) is 0 Å². The molecule has 1 N–H and O–H groups in total. The maximum atomic E-state index is 12.7. The van der Waals surface area contributed by atoms with Gasteiger partial charge in [-0.3, -0.25) is 4.79 Å². The summed E-state index contributed by atoms with van der Waals surface area (Å²) in [6.45, 7) is 0. The molecule has 1 unspecified atom stereocenters. The molecule has 5 nitrogen and oxygen atoms in total. The van der Waals surface area contributed by atoms with Gasteiger partial charge in [-0.1, -0.05) is 58.5 Å². The lowest BCUT2D eigenvalue weighted by Crippen LogP contribution is -2.35. The smallest absolute Gasteiger partial charge is 0.294 e. The van der Waals surface area contributed by atoms with Crippen molar-refractivity contribution in [2.45, 2.75) is 6.35 Å². The van der Waals surface area contributed by atoms with Crippen molar-refractivity contribution in [1.82, 2.24) is 10.3 Å². The average molecular weight is 445 g/mol. The van der Waals surface area contributed by atoms with Crippen LogP contribution in [0.3, 0.4) is 0 Å². The molecule has 1 aliphatic rings. The molecule has 2 aromatic rings. The molecule has 1 heterocycles. The summed E-state index contributed by atoms with van der Waals surface area (Å²) in [7, 11) is 1.46. The number of carbonyl (C=O) groups is 1. The highest BCUT2D eigenvalue weighted by Gasteiger charge is 2.35. The van der Waals surface area contributed by atoms with Gasteiger partial charge < -0.3 is 10.1 Å². The molecule has 1 atom stereocenters. The minimum Gasteiger partial charge on any atom is -0.342 e. The van der Waals surface area contributed by atoms with Crippen molar-refractivity contribution >= 4 is 64.6 Å². The zero-order chi connectivity index (χ0) is 19.6. The van der Waals surface area contributed by atoms with Crippen LogP contribution in [0.2, 0.25) is 20.1 Å². The van der Waals surface area contributed by atoms with Crippen LogP contribution in [0.4, 0.5) is 0 Å². The van der Waals surface area contributed by atoms with Crippen molar-refractivity contribution in [3.05, 3.63) is 73.3 Å². The molecule has 0 aliphatic carbocycles. The van der Waals surface area contributed by atoms with Crippen LogP contribution in [-0.2, 0) is 9.53 Å². The van der Waals surface area contributed by atoms with Crippen LogP contribution in [0.1, 0.15) is 11.1 Å². The van der Waals surface area contributed by atoms with Gasteiger partial charge in [0.1, 0.15) is 5.70 Å². The van der Waals surface area contributed by atoms with Gasteiger partial charge in [0.15, 0.2) is 0 Å². The molecular formula is C18H13Cl4N3O2. The molecule has 140 valence electrons. The minimum atomic E-state index is -0.767. The van der Waals surface area contributed by atoms with Gasteiger partial charge >= 0.3 is 0 Å². The molecule has 0 aromatic heterocycles. The first-order valence-corrected chi connectivity index (χ1v) is 9.19. The maximum Gasteiger partial charge on any atom is 0.294 e. The molecule has 0 spiro atoms. The molecule has 1 aliphatic heterocycles. The highest BCUT2D eigenvalue weighted by molar-refractivity contribution is 6.36. The number of nitrogens with one attached hydrogen (secondary N) is 1. The quantitative estimate of drug-likeness (QED) is 0.531. The van der Waals surface area contributed by atoms with Gasteiger partial charge in [0.25, 0.3) is 5.91 Å². The molecule has 0 bridgehead atoms. The van der Waals surface area contributed by atoms with Crippen molar-refractivity contribution in [1.29, 1.82) is 0 Å². The van der Waals surface area contributed by atoms with E-state index in [-0.39, 0.29) is 11.6 Å². The first kappa shape index (κ1) is 20.0. The third-order valence-electron chi connectivity index (χ3n) is 3.71. The number of carbonyl (C=O) groups excluding carboxylic acids is 1. The van der Waals surface area contributed by atoms with Crippen LogP contribution >= 0.6 is 46.4 Å². The first-order chi connectivity index (χ1) is 12.9. The number of halogens is 4. The van der Waals surface area contributed by atoms with Crippen molar-refractivity contribution in [2.75, 3.05) is 7.11 Å². The average Bonchev–Trinajstić information content (AvgIpc) is 2.92. The van der Waals surface area contributed by atoms with Gasteiger partial charge in [0.2, 0.25) is 6.35 Å². The van der Waals surface area contributed by atoms with Crippen molar-refractivity contribution in [3.63, 3.8) is 0 Å². The molecular weight excluding hydrogens is 432 g/mol. The summed E-state index contributed by atoms with van der Waals surface area (Å²) in [4.78, 5) is 12.7.